The molecule has 0 spiro atoms. The summed E-state index contributed by atoms with van der Waals surface area (Å²) in [6, 6.07) is 15.6. The van der Waals surface area contributed by atoms with Gasteiger partial charge in [-0.1, -0.05) is 30.0 Å². The average Bonchev–Trinajstić information content (AvgIpc) is 2.70. The highest BCUT2D eigenvalue weighted by Crippen LogP contribution is 2.21. The van der Waals surface area contributed by atoms with Gasteiger partial charge in [-0.15, -0.1) is 0 Å². The lowest BCUT2D eigenvalue weighted by atomic mass is 10.1. The van der Waals surface area contributed by atoms with Crippen LogP contribution in [0.4, 0.5) is 0 Å². The van der Waals surface area contributed by atoms with Gasteiger partial charge in [0.25, 0.3) is 5.91 Å². The fraction of sp³-hybridized carbons (Fsp3) is 0.182. The lowest BCUT2D eigenvalue weighted by Crippen LogP contribution is -2.24. The van der Waals surface area contributed by atoms with Gasteiger partial charge in [-0.25, -0.2) is 8.42 Å². The molecule has 0 aliphatic rings. The van der Waals surface area contributed by atoms with Crippen LogP contribution in [0.5, 0.6) is 0 Å². The van der Waals surface area contributed by atoms with Gasteiger partial charge in [0.2, 0.25) is 10.0 Å². The molecule has 1 N–H and O–H groups in total. The molecule has 2 aromatic carbocycles. The average molecular weight is 407 g/mol. The molecular formula is C22H21N3O3S. The predicted octanol–water partition coefficient (Wildman–Crippen LogP) is 2.58. The summed E-state index contributed by atoms with van der Waals surface area (Å²) in [6.45, 7) is 1.78. The third-order valence-corrected chi connectivity index (χ3v) is 5.67. The number of carbonyl (C=O) groups is 1. The van der Waals surface area contributed by atoms with Gasteiger partial charge >= 0.3 is 0 Å². The molecule has 1 heterocycles. The number of carbonyl (C=O) groups excluding carboxylic acids is 1. The Labute approximate surface area is 170 Å². The Bertz CT molecular complexity index is 1220. The summed E-state index contributed by atoms with van der Waals surface area (Å²) in [7, 11) is -0.372. The number of sulfonamides is 1. The molecular weight excluding hydrogens is 386 g/mol. The minimum absolute atomic E-state index is 0.0388. The van der Waals surface area contributed by atoms with Gasteiger partial charge in [-0.2, -0.15) is 4.72 Å². The molecule has 7 heteroatoms. The van der Waals surface area contributed by atoms with Crippen LogP contribution in [-0.4, -0.2) is 44.8 Å². The van der Waals surface area contributed by atoms with Crippen molar-refractivity contribution in [3.05, 3.63) is 71.4 Å². The summed E-state index contributed by atoms with van der Waals surface area (Å²) in [5.74, 6) is 5.61. The molecule has 0 radical (unpaired) electrons. The van der Waals surface area contributed by atoms with E-state index in [9.17, 15) is 13.2 Å². The molecule has 0 fully saturated rings. The normalized spacial score (nSPS) is 11.0. The maximum atomic E-state index is 12.7. The van der Waals surface area contributed by atoms with E-state index >= 15 is 0 Å². The summed E-state index contributed by atoms with van der Waals surface area (Å²) in [6.07, 6.45) is 0. The highest BCUT2D eigenvalue weighted by Gasteiger charge is 2.17. The Morgan fingerprint density at radius 1 is 1.07 bits per heavy atom. The lowest BCUT2D eigenvalue weighted by Gasteiger charge is -2.09. The second-order valence-electron chi connectivity index (χ2n) is 6.68. The first-order valence-corrected chi connectivity index (χ1v) is 10.4. The largest absolute Gasteiger partial charge is 0.345 e. The summed E-state index contributed by atoms with van der Waals surface area (Å²) in [4.78, 5) is 17.9. The van der Waals surface area contributed by atoms with Crippen molar-refractivity contribution < 1.29 is 13.2 Å². The number of benzene rings is 2. The molecule has 0 aliphatic carbocycles. The van der Waals surface area contributed by atoms with E-state index < -0.39 is 10.0 Å². The molecule has 0 bridgehead atoms. The first-order chi connectivity index (χ1) is 13.8. The predicted molar refractivity (Wildman–Crippen MR) is 113 cm³/mol. The molecule has 0 saturated heterocycles. The molecule has 29 heavy (non-hydrogen) atoms. The van der Waals surface area contributed by atoms with E-state index in [2.05, 4.69) is 21.5 Å². The second kappa shape index (κ2) is 8.43. The van der Waals surface area contributed by atoms with Gasteiger partial charge in [-0.05, 0) is 43.3 Å². The molecule has 3 rings (SSSR count). The van der Waals surface area contributed by atoms with E-state index in [1.807, 2.05) is 25.1 Å². The number of nitrogens with zero attached hydrogens (tertiary/aromatic N) is 2. The van der Waals surface area contributed by atoms with Crippen molar-refractivity contribution in [1.82, 2.24) is 14.6 Å². The van der Waals surface area contributed by atoms with Crippen molar-refractivity contribution >= 4 is 26.8 Å². The zero-order chi connectivity index (χ0) is 21.0. The molecule has 0 unspecified atom stereocenters. The second-order valence-corrected chi connectivity index (χ2v) is 8.42. The number of fused-ring (bicyclic) bond motifs is 1. The maximum absolute atomic E-state index is 12.7. The van der Waals surface area contributed by atoms with Gasteiger partial charge in [0, 0.05) is 36.3 Å². The van der Waals surface area contributed by atoms with Gasteiger partial charge in [0.15, 0.2) is 0 Å². The highest BCUT2D eigenvalue weighted by atomic mass is 32.2. The van der Waals surface area contributed by atoms with E-state index in [1.165, 1.54) is 11.0 Å². The highest BCUT2D eigenvalue weighted by molar-refractivity contribution is 7.89. The Balaban J connectivity index is 1.73. The van der Waals surface area contributed by atoms with Gasteiger partial charge in [0.05, 0.1) is 12.1 Å². The molecule has 3 aromatic rings. The quantitative estimate of drug-likeness (QED) is 0.674. The number of aromatic nitrogens is 1. The van der Waals surface area contributed by atoms with Crippen molar-refractivity contribution in [3.63, 3.8) is 0 Å². The molecule has 1 aromatic heterocycles. The standard InChI is InChI=1S/C22H21N3O3S/c1-16-9-12-18-7-4-8-20(21(18)24-16)29(27,28)23-15-5-6-17-10-13-19(14-11-17)22(26)25(2)3/h4,7-14,23H,15H2,1-3H3. The Morgan fingerprint density at radius 2 is 1.79 bits per heavy atom. The van der Waals surface area contributed by atoms with E-state index in [0.29, 0.717) is 16.6 Å². The number of para-hydroxylation sites is 1. The van der Waals surface area contributed by atoms with Crippen LogP contribution in [0.25, 0.3) is 10.9 Å². The van der Waals surface area contributed by atoms with Crippen molar-refractivity contribution in [2.24, 2.45) is 0 Å². The minimum Gasteiger partial charge on any atom is -0.345 e. The Kier molecular flexibility index (Phi) is 5.97. The number of hydrogen-bond donors (Lipinski definition) is 1. The van der Waals surface area contributed by atoms with Crippen LogP contribution < -0.4 is 4.72 Å². The van der Waals surface area contributed by atoms with Crippen molar-refractivity contribution in [2.45, 2.75) is 11.8 Å². The van der Waals surface area contributed by atoms with Gasteiger partial charge < -0.3 is 4.90 Å². The zero-order valence-electron chi connectivity index (χ0n) is 16.4. The SMILES string of the molecule is Cc1ccc2cccc(S(=O)(=O)NCC#Cc3ccc(C(=O)N(C)C)cc3)c2n1. The number of rotatable bonds is 4. The first kappa shape index (κ1) is 20.5. The fourth-order valence-corrected chi connectivity index (χ4v) is 3.84. The number of hydrogen-bond acceptors (Lipinski definition) is 4. The Hall–Kier alpha value is -3.21. The Morgan fingerprint density at radius 3 is 2.48 bits per heavy atom. The first-order valence-electron chi connectivity index (χ1n) is 8.94. The molecule has 6 nitrogen and oxygen atoms in total. The van der Waals surface area contributed by atoms with E-state index in [1.54, 1.807) is 44.4 Å². The van der Waals surface area contributed by atoms with Crippen LogP contribution in [-0.2, 0) is 10.0 Å². The van der Waals surface area contributed by atoms with Crippen LogP contribution in [0, 0.1) is 18.8 Å². The van der Waals surface area contributed by atoms with Crippen molar-refractivity contribution in [1.29, 1.82) is 0 Å². The van der Waals surface area contributed by atoms with Crippen LogP contribution in [0.1, 0.15) is 21.6 Å². The van der Waals surface area contributed by atoms with Crippen LogP contribution in [0.2, 0.25) is 0 Å². The minimum atomic E-state index is -3.75. The molecule has 0 saturated carbocycles. The molecule has 1 amide bonds. The van der Waals surface area contributed by atoms with Gasteiger partial charge in [0.1, 0.15) is 4.90 Å². The maximum Gasteiger partial charge on any atom is 0.253 e. The van der Waals surface area contributed by atoms with E-state index in [0.717, 1.165) is 11.1 Å². The van der Waals surface area contributed by atoms with Crippen molar-refractivity contribution in [2.75, 3.05) is 20.6 Å². The molecule has 0 aliphatic heterocycles. The van der Waals surface area contributed by atoms with Crippen LogP contribution >= 0.6 is 0 Å². The monoisotopic (exact) mass is 407 g/mol. The third kappa shape index (κ3) is 4.80. The summed E-state index contributed by atoms with van der Waals surface area (Å²) < 4.78 is 27.9. The number of amides is 1. The molecule has 148 valence electrons. The van der Waals surface area contributed by atoms with Crippen LogP contribution in [0.3, 0.4) is 0 Å². The number of aryl methyl sites for hydroxylation is 1. The fourth-order valence-electron chi connectivity index (χ4n) is 2.74. The summed E-state index contributed by atoms with van der Waals surface area (Å²) in [5, 5.41) is 0.761. The zero-order valence-corrected chi connectivity index (χ0v) is 17.2. The topological polar surface area (TPSA) is 79.4 Å². The van der Waals surface area contributed by atoms with Gasteiger partial charge in [-0.3, -0.25) is 9.78 Å². The van der Waals surface area contributed by atoms with Crippen LogP contribution in [0.15, 0.2) is 59.5 Å². The number of nitrogens with one attached hydrogen (secondary N) is 1. The molecule has 0 atom stereocenters. The smallest absolute Gasteiger partial charge is 0.253 e. The summed E-state index contributed by atoms with van der Waals surface area (Å²) >= 11 is 0. The number of pyridine rings is 1. The third-order valence-electron chi connectivity index (χ3n) is 4.23. The van der Waals surface area contributed by atoms with E-state index in [-0.39, 0.29) is 17.3 Å². The lowest BCUT2D eigenvalue weighted by molar-refractivity contribution is 0.0827. The van der Waals surface area contributed by atoms with Crippen molar-refractivity contribution in [3.8, 4) is 11.8 Å². The van der Waals surface area contributed by atoms with E-state index in [4.69, 9.17) is 0 Å². The summed E-state index contributed by atoms with van der Waals surface area (Å²) in [5.41, 5.74) is 2.45.